The zero-order valence-electron chi connectivity index (χ0n) is 16.3. The molecule has 0 saturated heterocycles. The molecular weight excluding hydrogens is 437 g/mol. The molecule has 0 aliphatic carbocycles. The predicted molar refractivity (Wildman–Crippen MR) is 106 cm³/mol. The Morgan fingerprint density at radius 3 is 2.61 bits per heavy atom. The molecule has 3 N–H and O–H groups in total. The number of aromatic nitrogens is 2. The van der Waals surface area contributed by atoms with Crippen LogP contribution in [0.4, 0.5) is 24.8 Å². The Labute approximate surface area is 179 Å². The lowest BCUT2D eigenvalue weighted by atomic mass is 9.94. The van der Waals surface area contributed by atoms with E-state index in [4.69, 9.17) is 22.6 Å². The summed E-state index contributed by atoms with van der Waals surface area (Å²) in [6, 6.07) is 2.21. The number of nitrogens with one attached hydrogen (secondary N) is 1. The Morgan fingerprint density at radius 2 is 2.06 bits per heavy atom. The van der Waals surface area contributed by atoms with Crippen LogP contribution in [0.5, 0.6) is 0 Å². The van der Waals surface area contributed by atoms with Crippen LogP contribution in [0, 0.1) is 20.4 Å². The monoisotopic (exact) mass is 452 g/mol. The maximum absolute atomic E-state index is 13.4. The van der Waals surface area contributed by atoms with Crippen LogP contribution in [0.3, 0.4) is 0 Å². The van der Waals surface area contributed by atoms with Crippen molar-refractivity contribution in [1.29, 1.82) is 0 Å². The molecule has 31 heavy (non-hydrogen) atoms. The molecule has 2 aromatic heterocycles. The molecule has 0 fully saturated rings. The molecule has 0 amide bonds. The summed E-state index contributed by atoms with van der Waals surface area (Å²) < 4.78 is 46.9. The van der Waals surface area contributed by atoms with Crippen molar-refractivity contribution in [3.63, 3.8) is 0 Å². The van der Waals surface area contributed by atoms with Gasteiger partial charge in [-0.3, -0.25) is 0 Å². The molecule has 1 aliphatic rings. The third-order valence-corrected chi connectivity index (χ3v) is 5.40. The van der Waals surface area contributed by atoms with Gasteiger partial charge < -0.3 is 24.8 Å². The molecule has 3 heterocycles. The van der Waals surface area contributed by atoms with Crippen molar-refractivity contribution in [2.24, 2.45) is 0 Å². The fraction of sp³-hybridized carbons (Fsp3) is 0.300. The Bertz CT molecular complexity index is 1230. The van der Waals surface area contributed by atoms with Gasteiger partial charge in [-0.05, 0) is 37.1 Å². The highest BCUT2D eigenvalue weighted by molar-refractivity contribution is 6.32. The third-order valence-electron chi connectivity index (χ3n) is 5.11. The normalized spacial score (nSPS) is 16.3. The fourth-order valence-electron chi connectivity index (χ4n) is 3.79. The van der Waals surface area contributed by atoms with Crippen LogP contribution in [0.1, 0.15) is 28.7 Å². The topological polar surface area (TPSA) is 87.8 Å². The van der Waals surface area contributed by atoms with Crippen LogP contribution in [0.25, 0.3) is 21.7 Å². The van der Waals surface area contributed by atoms with Gasteiger partial charge in [0.1, 0.15) is 29.1 Å². The molecule has 4 rings (SSSR count). The summed E-state index contributed by atoms with van der Waals surface area (Å²) in [5, 5.41) is 26.8. The fourth-order valence-corrected chi connectivity index (χ4v) is 4.09. The van der Waals surface area contributed by atoms with Crippen LogP contribution in [-0.4, -0.2) is 32.7 Å². The van der Waals surface area contributed by atoms with Crippen molar-refractivity contribution in [2.75, 3.05) is 11.9 Å². The standard InChI is InChI=1S/C20H16ClF3N4O3/c1-8-4-11(9(2)31-8)15-18(25-3)27-28-17-12(16(14(30)7-29)26-19(15)28)5-10(6-13(17)21)20(22,23)24/h4-6,14,16,26,29-30H,7H2,1-2H3. The molecule has 162 valence electrons. The number of rotatable bonds is 3. The first kappa shape index (κ1) is 21.2. The smallest absolute Gasteiger partial charge is 0.416 e. The number of nitrogens with zero attached hydrogens (tertiary/aromatic N) is 3. The first-order chi connectivity index (χ1) is 14.6. The minimum Gasteiger partial charge on any atom is -0.466 e. The van der Waals surface area contributed by atoms with E-state index in [9.17, 15) is 23.4 Å². The summed E-state index contributed by atoms with van der Waals surface area (Å²) in [5.74, 6) is 1.34. The summed E-state index contributed by atoms with van der Waals surface area (Å²) in [7, 11) is 0. The van der Waals surface area contributed by atoms with Crippen molar-refractivity contribution in [3.05, 3.63) is 57.3 Å². The highest BCUT2D eigenvalue weighted by Gasteiger charge is 2.40. The zero-order valence-corrected chi connectivity index (χ0v) is 17.0. The number of hydrogen-bond acceptors (Lipinski definition) is 5. The number of aliphatic hydroxyl groups is 2. The summed E-state index contributed by atoms with van der Waals surface area (Å²) in [6.07, 6.45) is -6.12. The predicted octanol–water partition coefficient (Wildman–Crippen LogP) is 4.79. The van der Waals surface area contributed by atoms with E-state index in [-0.39, 0.29) is 27.9 Å². The van der Waals surface area contributed by atoms with Crippen molar-refractivity contribution in [1.82, 2.24) is 9.78 Å². The number of aryl methyl sites for hydroxylation is 2. The van der Waals surface area contributed by atoms with Crippen LogP contribution in [0.15, 0.2) is 22.6 Å². The van der Waals surface area contributed by atoms with Gasteiger partial charge in [-0.25, -0.2) is 0 Å². The number of benzene rings is 1. The van der Waals surface area contributed by atoms with E-state index in [0.29, 0.717) is 22.6 Å². The molecule has 1 aliphatic heterocycles. The first-order valence-electron chi connectivity index (χ1n) is 9.11. The molecule has 0 spiro atoms. The molecule has 2 unspecified atom stereocenters. The van der Waals surface area contributed by atoms with Gasteiger partial charge in [0.2, 0.25) is 0 Å². The largest absolute Gasteiger partial charge is 0.466 e. The second-order valence-corrected chi connectivity index (χ2v) is 7.57. The molecule has 0 saturated carbocycles. The summed E-state index contributed by atoms with van der Waals surface area (Å²) >= 11 is 6.25. The third kappa shape index (κ3) is 3.35. The van der Waals surface area contributed by atoms with Crippen molar-refractivity contribution < 1.29 is 27.8 Å². The average Bonchev–Trinajstić information content (AvgIpc) is 3.23. The number of halogens is 4. The minimum absolute atomic E-state index is 0.000415. The van der Waals surface area contributed by atoms with Gasteiger partial charge in [0.15, 0.2) is 0 Å². The second kappa shape index (κ2) is 7.30. The van der Waals surface area contributed by atoms with Gasteiger partial charge in [0, 0.05) is 11.1 Å². The molecule has 2 atom stereocenters. The lowest BCUT2D eigenvalue weighted by Gasteiger charge is -2.31. The Kier molecular flexibility index (Phi) is 5.00. The summed E-state index contributed by atoms with van der Waals surface area (Å²) in [4.78, 5) is 3.45. The Morgan fingerprint density at radius 1 is 1.35 bits per heavy atom. The van der Waals surface area contributed by atoms with Crippen molar-refractivity contribution >= 4 is 23.2 Å². The quantitative estimate of drug-likeness (QED) is 0.497. The zero-order chi connectivity index (χ0) is 22.7. The highest BCUT2D eigenvalue weighted by atomic mass is 35.5. The lowest BCUT2D eigenvalue weighted by Crippen LogP contribution is -2.34. The van der Waals surface area contributed by atoms with E-state index < -0.39 is 30.5 Å². The van der Waals surface area contributed by atoms with Crippen LogP contribution < -0.4 is 5.32 Å². The number of anilines is 1. The number of furan rings is 1. The van der Waals surface area contributed by atoms with Crippen molar-refractivity contribution in [2.45, 2.75) is 32.2 Å². The molecular formula is C20H16ClF3N4O3. The molecule has 11 heteroatoms. The number of fused-ring (bicyclic) bond motifs is 3. The summed E-state index contributed by atoms with van der Waals surface area (Å²) in [5.41, 5.74) is 0.0206. The molecule has 0 bridgehead atoms. The first-order valence-corrected chi connectivity index (χ1v) is 9.49. The minimum atomic E-state index is -4.67. The van der Waals surface area contributed by atoms with E-state index in [2.05, 4.69) is 15.3 Å². The molecule has 7 nitrogen and oxygen atoms in total. The maximum atomic E-state index is 13.4. The van der Waals surface area contributed by atoms with Crippen LogP contribution in [0.2, 0.25) is 5.02 Å². The van der Waals surface area contributed by atoms with E-state index in [1.165, 1.54) is 4.68 Å². The van der Waals surface area contributed by atoms with Crippen LogP contribution in [-0.2, 0) is 6.18 Å². The highest BCUT2D eigenvalue weighted by Crippen LogP contribution is 2.48. The second-order valence-electron chi connectivity index (χ2n) is 7.16. The number of hydrogen-bond donors (Lipinski definition) is 3. The van der Waals surface area contributed by atoms with E-state index in [1.54, 1.807) is 19.9 Å². The van der Waals surface area contributed by atoms with E-state index in [0.717, 1.165) is 12.1 Å². The average molecular weight is 453 g/mol. The molecule has 0 radical (unpaired) electrons. The van der Waals surface area contributed by atoms with Gasteiger partial charge in [0.25, 0.3) is 0 Å². The lowest BCUT2D eigenvalue weighted by molar-refractivity contribution is -0.137. The van der Waals surface area contributed by atoms with Gasteiger partial charge >= 0.3 is 12.0 Å². The maximum Gasteiger partial charge on any atom is 0.416 e. The molecule has 3 aromatic rings. The van der Waals surface area contributed by atoms with Gasteiger partial charge in [-0.1, -0.05) is 18.2 Å². The number of aliphatic hydroxyl groups excluding tert-OH is 2. The van der Waals surface area contributed by atoms with Crippen LogP contribution >= 0.6 is 11.6 Å². The van der Waals surface area contributed by atoms with E-state index in [1.807, 2.05) is 0 Å². The van der Waals surface area contributed by atoms with Gasteiger partial charge in [0.05, 0.1) is 28.8 Å². The Balaban J connectivity index is 2.05. The SMILES string of the molecule is [C-]#[N+]c1nn2c(c1-c1cc(C)oc1C)NC(C(O)CO)c1cc(C(F)(F)F)cc(Cl)c1-2. The van der Waals surface area contributed by atoms with Crippen molar-refractivity contribution in [3.8, 4) is 16.8 Å². The number of alkyl halides is 3. The Hall–Kier alpha value is -3.00. The molecule has 1 aromatic carbocycles. The van der Waals surface area contributed by atoms with Gasteiger partial charge in [-0.2, -0.15) is 13.2 Å². The summed E-state index contributed by atoms with van der Waals surface area (Å²) in [6.45, 7) is 10.3. The van der Waals surface area contributed by atoms with Gasteiger partial charge in [-0.15, -0.1) is 4.68 Å². The van der Waals surface area contributed by atoms with E-state index >= 15 is 0 Å².